The normalized spacial score (nSPS) is 11.4. The molecule has 1 rings (SSSR count). The van der Waals surface area contributed by atoms with Crippen LogP contribution in [0.3, 0.4) is 0 Å². The zero-order valence-electron chi connectivity index (χ0n) is 10.5. The van der Waals surface area contributed by atoms with E-state index in [0.29, 0.717) is 12.8 Å². The van der Waals surface area contributed by atoms with Crippen LogP contribution in [0.1, 0.15) is 37.0 Å². The summed E-state index contributed by atoms with van der Waals surface area (Å²) in [6.45, 7) is 3.37. The number of rotatable bonds is 5. The van der Waals surface area contributed by atoms with E-state index >= 15 is 0 Å². The summed E-state index contributed by atoms with van der Waals surface area (Å²) >= 11 is 0. The molecule has 18 heavy (non-hydrogen) atoms. The Kier molecular flexibility index (Phi) is 4.78. The molecule has 5 heteroatoms. The fourth-order valence-electron chi connectivity index (χ4n) is 1.67. The Hall–Kier alpha value is -1.49. The lowest BCUT2D eigenvalue weighted by molar-refractivity contribution is 0.0813. The Morgan fingerprint density at radius 3 is 2.44 bits per heavy atom. The Bertz CT molecular complexity index is 423. The van der Waals surface area contributed by atoms with Crippen LogP contribution in [-0.2, 0) is 0 Å². The Labute approximate surface area is 105 Å². The molecule has 2 N–H and O–H groups in total. The second-order valence-corrected chi connectivity index (χ2v) is 4.22. The van der Waals surface area contributed by atoms with Crippen LogP contribution in [0.25, 0.3) is 0 Å². The van der Waals surface area contributed by atoms with Gasteiger partial charge in [-0.25, -0.2) is 8.78 Å². The number of benzene rings is 1. The van der Waals surface area contributed by atoms with Crippen molar-refractivity contribution in [3.8, 4) is 0 Å². The van der Waals surface area contributed by atoms with Crippen LogP contribution in [0.15, 0.2) is 18.2 Å². The standard InChI is InChI=1S/C13H17F2NO2/c1-3-13(4-2,8-17)16-12(18)10-7-9(14)5-6-11(10)15/h5-7,17H,3-4,8H2,1-2H3,(H,16,18). The average Bonchev–Trinajstić information content (AvgIpc) is 2.38. The maximum atomic E-state index is 13.4. The van der Waals surface area contributed by atoms with Gasteiger partial charge < -0.3 is 10.4 Å². The Morgan fingerprint density at radius 1 is 1.33 bits per heavy atom. The minimum absolute atomic E-state index is 0.247. The number of carbonyl (C=O) groups is 1. The maximum absolute atomic E-state index is 13.4. The van der Waals surface area contributed by atoms with E-state index in [2.05, 4.69) is 5.32 Å². The van der Waals surface area contributed by atoms with E-state index in [0.717, 1.165) is 18.2 Å². The van der Waals surface area contributed by atoms with Crippen molar-refractivity contribution in [2.45, 2.75) is 32.2 Å². The van der Waals surface area contributed by atoms with E-state index in [1.165, 1.54) is 0 Å². The molecule has 0 heterocycles. The van der Waals surface area contributed by atoms with Gasteiger partial charge >= 0.3 is 0 Å². The van der Waals surface area contributed by atoms with Crippen molar-refractivity contribution >= 4 is 5.91 Å². The van der Waals surface area contributed by atoms with E-state index < -0.39 is 23.1 Å². The van der Waals surface area contributed by atoms with Crippen LogP contribution >= 0.6 is 0 Å². The predicted molar refractivity (Wildman–Crippen MR) is 64.2 cm³/mol. The number of nitrogens with one attached hydrogen (secondary N) is 1. The predicted octanol–water partition coefficient (Wildman–Crippen LogP) is 2.25. The molecule has 0 aliphatic carbocycles. The van der Waals surface area contributed by atoms with Crippen molar-refractivity contribution < 1.29 is 18.7 Å². The van der Waals surface area contributed by atoms with Crippen molar-refractivity contribution in [1.29, 1.82) is 0 Å². The lowest BCUT2D eigenvalue weighted by Gasteiger charge is -2.30. The number of carbonyl (C=O) groups excluding carboxylic acids is 1. The summed E-state index contributed by atoms with van der Waals surface area (Å²) in [6, 6.07) is 2.70. The average molecular weight is 257 g/mol. The fourth-order valence-corrected chi connectivity index (χ4v) is 1.67. The number of aliphatic hydroxyl groups excluding tert-OH is 1. The van der Waals surface area contributed by atoms with Gasteiger partial charge in [-0.1, -0.05) is 13.8 Å². The molecule has 0 saturated heterocycles. The van der Waals surface area contributed by atoms with Crippen LogP contribution in [0, 0.1) is 11.6 Å². The summed E-state index contributed by atoms with van der Waals surface area (Å²) in [4.78, 5) is 11.9. The monoisotopic (exact) mass is 257 g/mol. The van der Waals surface area contributed by atoms with Gasteiger partial charge in [-0.05, 0) is 31.0 Å². The summed E-state index contributed by atoms with van der Waals surface area (Å²) in [5.41, 5.74) is -1.15. The smallest absolute Gasteiger partial charge is 0.254 e. The van der Waals surface area contributed by atoms with Gasteiger partial charge in [0.25, 0.3) is 5.91 Å². The highest BCUT2D eigenvalue weighted by Gasteiger charge is 2.28. The maximum Gasteiger partial charge on any atom is 0.254 e. The fraction of sp³-hybridized carbons (Fsp3) is 0.462. The number of halogens is 2. The Morgan fingerprint density at radius 2 is 1.94 bits per heavy atom. The van der Waals surface area contributed by atoms with Gasteiger partial charge in [0.05, 0.1) is 17.7 Å². The summed E-state index contributed by atoms with van der Waals surface area (Å²) < 4.78 is 26.4. The number of amides is 1. The summed E-state index contributed by atoms with van der Waals surface area (Å²) in [5.74, 6) is -2.18. The molecular weight excluding hydrogens is 240 g/mol. The van der Waals surface area contributed by atoms with Crippen molar-refractivity contribution in [1.82, 2.24) is 5.32 Å². The van der Waals surface area contributed by atoms with Gasteiger partial charge in [0.15, 0.2) is 0 Å². The van der Waals surface area contributed by atoms with Gasteiger partial charge in [0.2, 0.25) is 0 Å². The van der Waals surface area contributed by atoms with Gasteiger partial charge in [-0.2, -0.15) is 0 Å². The van der Waals surface area contributed by atoms with Crippen molar-refractivity contribution in [3.05, 3.63) is 35.4 Å². The first-order valence-corrected chi connectivity index (χ1v) is 5.86. The molecule has 1 aromatic carbocycles. The van der Waals surface area contributed by atoms with Crippen molar-refractivity contribution in [2.75, 3.05) is 6.61 Å². The third kappa shape index (κ3) is 3.04. The van der Waals surface area contributed by atoms with Crippen molar-refractivity contribution in [2.24, 2.45) is 0 Å². The Balaban J connectivity index is 2.97. The molecule has 1 amide bonds. The van der Waals surface area contributed by atoms with Gasteiger partial charge in [0, 0.05) is 0 Å². The summed E-state index contributed by atoms with van der Waals surface area (Å²) in [7, 11) is 0. The van der Waals surface area contributed by atoms with Crippen LogP contribution < -0.4 is 5.32 Å². The molecule has 0 atom stereocenters. The largest absolute Gasteiger partial charge is 0.394 e. The molecule has 0 bridgehead atoms. The zero-order chi connectivity index (χ0) is 13.8. The molecule has 1 aromatic rings. The third-order valence-corrected chi connectivity index (χ3v) is 3.21. The van der Waals surface area contributed by atoms with Gasteiger partial charge in [-0.15, -0.1) is 0 Å². The topological polar surface area (TPSA) is 49.3 Å². The molecular formula is C13H17F2NO2. The first kappa shape index (κ1) is 14.6. The van der Waals surface area contributed by atoms with Gasteiger partial charge in [-0.3, -0.25) is 4.79 Å². The minimum atomic E-state index is -0.796. The van der Waals surface area contributed by atoms with Crippen LogP contribution in [-0.4, -0.2) is 23.2 Å². The molecule has 0 unspecified atom stereocenters. The van der Waals surface area contributed by atoms with Crippen LogP contribution in [0.4, 0.5) is 8.78 Å². The number of hydrogen-bond acceptors (Lipinski definition) is 2. The highest BCUT2D eigenvalue weighted by atomic mass is 19.1. The second kappa shape index (κ2) is 5.91. The van der Waals surface area contributed by atoms with Crippen LogP contribution in [0.2, 0.25) is 0 Å². The molecule has 0 fully saturated rings. The molecule has 0 aliphatic rings. The quantitative estimate of drug-likeness (QED) is 0.850. The first-order chi connectivity index (χ1) is 8.48. The molecule has 0 spiro atoms. The van der Waals surface area contributed by atoms with E-state index in [1.54, 1.807) is 0 Å². The lowest BCUT2D eigenvalue weighted by atomic mass is 9.93. The molecule has 0 aromatic heterocycles. The van der Waals surface area contributed by atoms with E-state index in [-0.39, 0.29) is 12.2 Å². The first-order valence-electron chi connectivity index (χ1n) is 5.86. The SMILES string of the molecule is CCC(CC)(CO)NC(=O)c1cc(F)ccc1F. The highest BCUT2D eigenvalue weighted by molar-refractivity contribution is 5.95. The summed E-state index contributed by atoms with van der Waals surface area (Å²) in [6.07, 6.45) is 1.01. The highest BCUT2D eigenvalue weighted by Crippen LogP contribution is 2.17. The van der Waals surface area contributed by atoms with Crippen molar-refractivity contribution in [3.63, 3.8) is 0 Å². The van der Waals surface area contributed by atoms with Crippen LogP contribution in [0.5, 0.6) is 0 Å². The van der Waals surface area contributed by atoms with Gasteiger partial charge in [0.1, 0.15) is 11.6 Å². The number of aliphatic hydroxyl groups is 1. The third-order valence-electron chi connectivity index (χ3n) is 3.21. The molecule has 0 aliphatic heterocycles. The molecule has 100 valence electrons. The minimum Gasteiger partial charge on any atom is -0.394 e. The van der Waals surface area contributed by atoms with E-state index in [4.69, 9.17) is 0 Å². The lowest BCUT2D eigenvalue weighted by Crippen LogP contribution is -2.50. The molecule has 0 saturated carbocycles. The molecule has 0 radical (unpaired) electrons. The second-order valence-electron chi connectivity index (χ2n) is 4.22. The summed E-state index contributed by atoms with van der Waals surface area (Å²) in [5, 5.41) is 11.9. The zero-order valence-corrected chi connectivity index (χ0v) is 10.5. The number of hydrogen-bond donors (Lipinski definition) is 2. The van der Waals surface area contributed by atoms with E-state index in [1.807, 2.05) is 13.8 Å². The molecule has 3 nitrogen and oxygen atoms in total. The van der Waals surface area contributed by atoms with E-state index in [9.17, 15) is 18.7 Å².